The maximum Gasteiger partial charge on any atom is 0.253 e. The molecule has 0 bridgehead atoms. The van der Waals surface area contributed by atoms with E-state index < -0.39 is 0 Å². The third kappa shape index (κ3) is 5.59. The van der Waals surface area contributed by atoms with Gasteiger partial charge in [-0.15, -0.1) is 0 Å². The third-order valence-corrected chi connectivity index (χ3v) is 5.12. The fourth-order valence-corrected chi connectivity index (χ4v) is 3.48. The molecule has 1 aliphatic rings. The van der Waals surface area contributed by atoms with Gasteiger partial charge in [-0.3, -0.25) is 9.69 Å². The van der Waals surface area contributed by atoms with Crippen LogP contribution in [0.1, 0.15) is 35.2 Å². The predicted molar refractivity (Wildman–Crippen MR) is 113 cm³/mol. The second-order valence-electron chi connectivity index (χ2n) is 6.84. The molecular weight excluding hydrogens is 358 g/mol. The van der Waals surface area contributed by atoms with E-state index in [1.807, 2.05) is 0 Å². The second kappa shape index (κ2) is 9.58. The number of rotatable bonds is 7. The van der Waals surface area contributed by atoms with Crippen molar-refractivity contribution in [3.8, 4) is 0 Å². The van der Waals surface area contributed by atoms with E-state index in [2.05, 4.69) is 46.6 Å². The number of amides is 1. The second-order valence-corrected chi connectivity index (χ2v) is 7.28. The summed E-state index contributed by atoms with van der Waals surface area (Å²) in [5.41, 5.74) is 9.51. The molecule has 4 nitrogen and oxygen atoms in total. The van der Waals surface area contributed by atoms with Crippen molar-refractivity contribution in [2.45, 2.75) is 19.3 Å². The van der Waals surface area contributed by atoms with Gasteiger partial charge in [0.25, 0.3) is 5.91 Å². The maximum atomic E-state index is 12.2. The monoisotopic (exact) mass is 383 g/mol. The van der Waals surface area contributed by atoms with Gasteiger partial charge in [0, 0.05) is 30.3 Å². The first-order chi connectivity index (χ1) is 13.1. The van der Waals surface area contributed by atoms with E-state index in [4.69, 9.17) is 17.3 Å². The van der Waals surface area contributed by atoms with Crippen LogP contribution in [0.5, 0.6) is 0 Å². The summed E-state index contributed by atoms with van der Waals surface area (Å²) >= 11 is 5.93. The van der Waals surface area contributed by atoms with Crippen molar-refractivity contribution in [2.24, 2.45) is 0 Å². The summed E-state index contributed by atoms with van der Waals surface area (Å²) in [5, 5.41) is 3.44. The van der Waals surface area contributed by atoms with E-state index in [-0.39, 0.29) is 5.91 Å². The van der Waals surface area contributed by atoms with E-state index in [0.29, 0.717) is 22.8 Å². The standard InChI is InChI=1S/C22H26ClN3O/c23-19-8-9-21(24)20(16-19)22(27)25-12-4-5-13-26-14-10-18(11-15-26)17-6-2-1-3-7-17/h1-3,6-10,16H,4-5,11-15,24H2,(H,25,27). The first-order valence-corrected chi connectivity index (χ1v) is 9.81. The molecule has 0 saturated heterocycles. The average molecular weight is 384 g/mol. The van der Waals surface area contributed by atoms with Crippen LogP contribution in [0.4, 0.5) is 5.69 Å². The lowest BCUT2D eigenvalue weighted by Crippen LogP contribution is -2.30. The minimum atomic E-state index is -0.164. The SMILES string of the molecule is Nc1ccc(Cl)cc1C(=O)NCCCCN1CC=C(c2ccccc2)CC1. The summed E-state index contributed by atoms with van der Waals surface area (Å²) in [6, 6.07) is 15.5. The normalized spacial score (nSPS) is 14.6. The molecule has 5 heteroatoms. The summed E-state index contributed by atoms with van der Waals surface area (Å²) in [6.45, 7) is 3.78. The van der Waals surface area contributed by atoms with Crippen LogP contribution in [0.2, 0.25) is 5.02 Å². The Labute approximate surface area is 166 Å². The molecule has 3 rings (SSSR count). The lowest BCUT2D eigenvalue weighted by atomic mass is 9.99. The molecule has 3 N–H and O–H groups in total. The fraction of sp³-hybridized carbons (Fsp3) is 0.318. The van der Waals surface area contributed by atoms with Crippen LogP contribution in [-0.2, 0) is 0 Å². The van der Waals surface area contributed by atoms with E-state index in [9.17, 15) is 4.79 Å². The number of hydrogen-bond acceptors (Lipinski definition) is 3. The molecule has 0 unspecified atom stereocenters. The molecule has 0 aliphatic carbocycles. The summed E-state index contributed by atoms with van der Waals surface area (Å²) in [7, 11) is 0. The molecule has 27 heavy (non-hydrogen) atoms. The number of benzene rings is 2. The number of unbranched alkanes of at least 4 members (excludes halogenated alkanes) is 1. The highest BCUT2D eigenvalue weighted by molar-refractivity contribution is 6.31. The van der Waals surface area contributed by atoms with Crippen LogP contribution in [0.25, 0.3) is 5.57 Å². The molecule has 0 spiro atoms. The van der Waals surface area contributed by atoms with Gasteiger partial charge in [0.15, 0.2) is 0 Å². The Morgan fingerprint density at radius 1 is 1.15 bits per heavy atom. The largest absolute Gasteiger partial charge is 0.398 e. The Morgan fingerprint density at radius 2 is 1.96 bits per heavy atom. The molecule has 142 valence electrons. The van der Waals surface area contributed by atoms with Gasteiger partial charge in [-0.25, -0.2) is 0 Å². The van der Waals surface area contributed by atoms with E-state index in [0.717, 1.165) is 38.9 Å². The number of nitrogens with one attached hydrogen (secondary N) is 1. The number of hydrogen-bond donors (Lipinski definition) is 2. The molecule has 1 aliphatic heterocycles. The smallest absolute Gasteiger partial charge is 0.253 e. The lowest BCUT2D eigenvalue weighted by molar-refractivity contribution is 0.0953. The van der Waals surface area contributed by atoms with Crippen LogP contribution < -0.4 is 11.1 Å². The van der Waals surface area contributed by atoms with Gasteiger partial charge < -0.3 is 11.1 Å². The van der Waals surface area contributed by atoms with Gasteiger partial charge >= 0.3 is 0 Å². The highest BCUT2D eigenvalue weighted by atomic mass is 35.5. The third-order valence-electron chi connectivity index (χ3n) is 4.88. The highest BCUT2D eigenvalue weighted by Crippen LogP contribution is 2.22. The van der Waals surface area contributed by atoms with Crippen LogP contribution >= 0.6 is 11.6 Å². The maximum absolute atomic E-state index is 12.2. The van der Waals surface area contributed by atoms with E-state index in [1.54, 1.807) is 18.2 Å². The van der Waals surface area contributed by atoms with Crippen LogP contribution in [0.15, 0.2) is 54.6 Å². The predicted octanol–water partition coefficient (Wildman–Crippen LogP) is 4.22. The molecule has 0 atom stereocenters. The van der Waals surface area contributed by atoms with Gasteiger partial charge in [-0.1, -0.05) is 48.0 Å². The number of carbonyl (C=O) groups is 1. The number of nitrogens with zero attached hydrogens (tertiary/aromatic N) is 1. The Hall–Kier alpha value is -2.30. The first-order valence-electron chi connectivity index (χ1n) is 9.43. The molecule has 1 amide bonds. The zero-order chi connectivity index (χ0) is 19.1. The molecule has 0 fully saturated rings. The molecule has 2 aromatic carbocycles. The van der Waals surface area contributed by atoms with Gasteiger partial charge in [0.1, 0.15) is 0 Å². The molecule has 2 aromatic rings. The first kappa shape index (κ1) is 19.5. The number of halogens is 1. The number of nitrogens with two attached hydrogens (primary N) is 1. The minimum Gasteiger partial charge on any atom is -0.398 e. The van der Waals surface area contributed by atoms with Crippen molar-refractivity contribution >= 4 is 28.8 Å². The Balaban J connectivity index is 1.36. The quantitative estimate of drug-likeness (QED) is 0.556. The Kier molecular flexibility index (Phi) is 6.91. The molecular formula is C22H26ClN3O. The topological polar surface area (TPSA) is 58.4 Å². The van der Waals surface area contributed by atoms with Crippen molar-refractivity contribution in [1.29, 1.82) is 0 Å². The summed E-state index contributed by atoms with van der Waals surface area (Å²) in [5.74, 6) is -0.164. The molecule has 0 radical (unpaired) electrons. The van der Waals surface area contributed by atoms with E-state index in [1.165, 1.54) is 11.1 Å². The zero-order valence-electron chi connectivity index (χ0n) is 15.5. The Bertz CT molecular complexity index is 804. The van der Waals surface area contributed by atoms with Crippen LogP contribution in [0, 0.1) is 0 Å². The lowest BCUT2D eigenvalue weighted by Gasteiger charge is -2.26. The average Bonchev–Trinajstić information content (AvgIpc) is 2.70. The van der Waals surface area contributed by atoms with Crippen molar-refractivity contribution in [1.82, 2.24) is 10.2 Å². The highest BCUT2D eigenvalue weighted by Gasteiger charge is 2.13. The van der Waals surface area contributed by atoms with E-state index >= 15 is 0 Å². The number of nitrogen functional groups attached to an aromatic ring is 1. The molecule has 0 saturated carbocycles. The summed E-state index contributed by atoms with van der Waals surface area (Å²) in [4.78, 5) is 14.6. The zero-order valence-corrected chi connectivity index (χ0v) is 16.2. The van der Waals surface area contributed by atoms with Crippen LogP contribution in [-0.4, -0.2) is 37.0 Å². The summed E-state index contributed by atoms with van der Waals surface area (Å²) in [6.07, 6.45) is 5.43. The van der Waals surface area contributed by atoms with Gasteiger partial charge in [0.2, 0.25) is 0 Å². The van der Waals surface area contributed by atoms with Crippen molar-refractivity contribution in [2.75, 3.05) is 31.9 Å². The number of anilines is 1. The fourth-order valence-electron chi connectivity index (χ4n) is 3.31. The minimum absolute atomic E-state index is 0.164. The van der Waals surface area contributed by atoms with Crippen LogP contribution in [0.3, 0.4) is 0 Å². The summed E-state index contributed by atoms with van der Waals surface area (Å²) < 4.78 is 0. The number of carbonyl (C=O) groups excluding carboxylic acids is 1. The van der Waals surface area contributed by atoms with Crippen molar-refractivity contribution in [3.05, 3.63) is 70.8 Å². The molecule has 0 aromatic heterocycles. The van der Waals surface area contributed by atoms with Crippen molar-refractivity contribution < 1.29 is 4.79 Å². The molecule has 1 heterocycles. The Morgan fingerprint density at radius 3 is 2.70 bits per heavy atom. The van der Waals surface area contributed by atoms with Gasteiger partial charge in [-0.2, -0.15) is 0 Å². The van der Waals surface area contributed by atoms with Gasteiger partial charge in [-0.05, 0) is 55.1 Å². The van der Waals surface area contributed by atoms with Crippen molar-refractivity contribution in [3.63, 3.8) is 0 Å². The van der Waals surface area contributed by atoms with Gasteiger partial charge in [0.05, 0.1) is 5.56 Å².